The summed E-state index contributed by atoms with van der Waals surface area (Å²) in [4.78, 5) is 16.8. The molecule has 1 aromatic carbocycles. The Labute approximate surface area is 170 Å². The fourth-order valence-corrected chi connectivity index (χ4v) is 2.79. The SMILES string of the molecule is Cc1oc(-c2cnn(C)c2)nc1C(=O)NCC(N)c1ccc(C(C)C)cc1.Cl. The minimum absolute atomic E-state index is 0. The number of benzene rings is 1. The largest absolute Gasteiger partial charge is 0.440 e. The van der Waals surface area contributed by atoms with Crippen molar-refractivity contribution >= 4 is 18.3 Å². The summed E-state index contributed by atoms with van der Waals surface area (Å²) >= 11 is 0. The van der Waals surface area contributed by atoms with Gasteiger partial charge in [0.05, 0.1) is 11.8 Å². The van der Waals surface area contributed by atoms with Gasteiger partial charge in [-0.25, -0.2) is 4.98 Å². The Morgan fingerprint density at radius 2 is 1.89 bits per heavy atom. The average Bonchev–Trinajstić information content (AvgIpc) is 3.25. The van der Waals surface area contributed by atoms with Crippen molar-refractivity contribution in [3.63, 3.8) is 0 Å². The van der Waals surface area contributed by atoms with E-state index >= 15 is 0 Å². The Balaban J connectivity index is 0.00000280. The summed E-state index contributed by atoms with van der Waals surface area (Å²) in [6, 6.07) is 7.87. The number of oxazole rings is 1. The lowest BCUT2D eigenvalue weighted by Crippen LogP contribution is -2.32. The monoisotopic (exact) mass is 403 g/mol. The van der Waals surface area contributed by atoms with Gasteiger partial charge in [0.15, 0.2) is 5.69 Å². The predicted molar refractivity (Wildman–Crippen MR) is 110 cm³/mol. The van der Waals surface area contributed by atoms with Gasteiger partial charge in [-0.05, 0) is 24.0 Å². The zero-order valence-corrected chi connectivity index (χ0v) is 17.3. The lowest BCUT2D eigenvalue weighted by molar-refractivity contribution is 0.0945. The van der Waals surface area contributed by atoms with Crippen molar-refractivity contribution in [3.8, 4) is 11.5 Å². The number of aryl methyl sites for hydroxylation is 2. The molecule has 0 aliphatic rings. The van der Waals surface area contributed by atoms with Crippen LogP contribution in [-0.2, 0) is 7.05 Å². The van der Waals surface area contributed by atoms with Crippen LogP contribution >= 0.6 is 12.4 Å². The molecule has 0 aliphatic heterocycles. The third kappa shape index (κ3) is 4.79. The van der Waals surface area contributed by atoms with Crippen LogP contribution in [0.5, 0.6) is 0 Å². The molecule has 0 radical (unpaired) electrons. The van der Waals surface area contributed by atoms with Crippen molar-refractivity contribution in [1.29, 1.82) is 0 Å². The zero-order valence-electron chi connectivity index (χ0n) is 16.5. The Morgan fingerprint density at radius 1 is 1.25 bits per heavy atom. The highest BCUT2D eigenvalue weighted by Gasteiger charge is 2.19. The van der Waals surface area contributed by atoms with Crippen LogP contribution in [0.15, 0.2) is 41.1 Å². The van der Waals surface area contributed by atoms with E-state index in [4.69, 9.17) is 10.2 Å². The fourth-order valence-electron chi connectivity index (χ4n) is 2.79. The van der Waals surface area contributed by atoms with Crippen LogP contribution in [0, 0.1) is 6.92 Å². The molecule has 2 aromatic heterocycles. The lowest BCUT2D eigenvalue weighted by atomic mass is 9.99. The maximum atomic E-state index is 12.5. The number of nitrogens with two attached hydrogens (primary N) is 1. The summed E-state index contributed by atoms with van der Waals surface area (Å²) in [5.74, 6) is 1.00. The number of carbonyl (C=O) groups excluding carboxylic acids is 1. The minimum atomic E-state index is -0.305. The summed E-state index contributed by atoms with van der Waals surface area (Å²) in [5, 5.41) is 6.92. The summed E-state index contributed by atoms with van der Waals surface area (Å²) < 4.78 is 7.26. The fraction of sp³-hybridized carbons (Fsp3) is 0.350. The van der Waals surface area contributed by atoms with E-state index in [0.717, 1.165) is 11.1 Å². The molecule has 1 unspecified atom stereocenters. The van der Waals surface area contributed by atoms with Crippen LogP contribution in [0.2, 0.25) is 0 Å². The van der Waals surface area contributed by atoms with Crippen molar-refractivity contribution in [2.45, 2.75) is 32.7 Å². The molecule has 0 fully saturated rings. The standard InChI is InChI=1S/C20H25N5O2.ClH/c1-12(2)14-5-7-15(8-6-14)17(21)10-22-19(26)18-13(3)27-20(24-18)16-9-23-25(4)11-16;/h5-9,11-12,17H,10,21H2,1-4H3,(H,22,26);1H. The van der Waals surface area contributed by atoms with Crippen molar-refractivity contribution in [3.05, 3.63) is 59.2 Å². The molecule has 0 saturated carbocycles. The number of nitrogens with one attached hydrogen (secondary N) is 1. The quantitative estimate of drug-likeness (QED) is 0.657. The van der Waals surface area contributed by atoms with Gasteiger partial charge in [-0.3, -0.25) is 9.48 Å². The molecule has 3 rings (SSSR count). The molecule has 150 valence electrons. The Morgan fingerprint density at radius 3 is 2.46 bits per heavy atom. The molecule has 8 heteroatoms. The van der Waals surface area contributed by atoms with Gasteiger partial charge in [-0.1, -0.05) is 38.1 Å². The second kappa shape index (κ2) is 9.03. The van der Waals surface area contributed by atoms with Crippen LogP contribution < -0.4 is 11.1 Å². The van der Waals surface area contributed by atoms with Crippen molar-refractivity contribution in [2.75, 3.05) is 6.54 Å². The highest BCUT2D eigenvalue weighted by atomic mass is 35.5. The van der Waals surface area contributed by atoms with E-state index in [1.807, 2.05) is 19.2 Å². The molecule has 3 aromatic rings. The van der Waals surface area contributed by atoms with Gasteiger partial charge in [0.25, 0.3) is 5.91 Å². The molecule has 0 aliphatic carbocycles. The van der Waals surface area contributed by atoms with Crippen LogP contribution in [0.3, 0.4) is 0 Å². The van der Waals surface area contributed by atoms with Gasteiger partial charge >= 0.3 is 0 Å². The van der Waals surface area contributed by atoms with Gasteiger partial charge in [0.2, 0.25) is 5.89 Å². The maximum Gasteiger partial charge on any atom is 0.273 e. The molecule has 7 nitrogen and oxygen atoms in total. The Hall–Kier alpha value is -2.64. The highest BCUT2D eigenvalue weighted by Crippen LogP contribution is 2.21. The van der Waals surface area contributed by atoms with E-state index in [-0.39, 0.29) is 30.0 Å². The Bertz CT molecular complexity index is 930. The first kappa shape index (κ1) is 21.7. The van der Waals surface area contributed by atoms with E-state index in [9.17, 15) is 4.79 Å². The number of aromatic nitrogens is 3. The molecular formula is C20H26ClN5O2. The number of hydrogen-bond acceptors (Lipinski definition) is 5. The summed E-state index contributed by atoms with van der Waals surface area (Å²) in [6.07, 6.45) is 3.42. The van der Waals surface area contributed by atoms with E-state index in [1.165, 1.54) is 5.56 Å². The van der Waals surface area contributed by atoms with Crippen molar-refractivity contribution in [1.82, 2.24) is 20.1 Å². The second-order valence-electron chi connectivity index (χ2n) is 6.96. The second-order valence-corrected chi connectivity index (χ2v) is 6.96. The molecule has 0 saturated heterocycles. The first-order chi connectivity index (χ1) is 12.8. The number of nitrogens with zero attached hydrogens (tertiary/aromatic N) is 3. The van der Waals surface area contributed by atoms with Crippen molar-refractivity contribution in [2.24, 2.45) is 12.8 Å². The van der Waals surface area contributed by atoms with Gasteiger partial charge in [-0.15, -0.1) is 12.4 Å². The molecule has 28 heavy (non-hydrogen) atoms. The van der Waals surface area contributed by atoms with Gasteiger partial charge in [0, 0.05) is 25.8 Å². The normalized spacial score (nSPS) is 11.9. The van der Waals surface area contributed by atoms with Gasteiger partial charge < -0.3 is 15.5 Å². The summed E-state index contributed by atoms with van der Waals surface area (Å²) in [6.45, 7) is 6.32. The highest BCUT2D eigenvalue weighted by molar-refractivity contribution is 5.93. The lowest BCUT2D eigenvalue weighted by Gasteiger charge is -2.14. The zero-order chi connectivity index (χ0) is 19.6. The molecular weight excluding hydrogens is 378 g/mol. The predicted octanol–water partition coefficient (Wildman–Crippen LogP) is 3.36. The molecule has 1 amide bonds. The number of hydrogen-bond donors (Lipinski definition) is 2. The molecule has 1 atom stereocenters. The molecule has 3 N–H and O–H groups in total. The summed E-state index contributed by atoms with van der Waals surface area (Å²) in [7, 11) is 1.81. The first-order valence-electron chi connectivity index (χ1n) is 8.95. The van der Waals surface area contributed by atoms with Crippen LogP contribution in [0.25, 0.3) is 11.5 Å². The molecule has 0 spiro atoms. The smallest absolute Gasteiger partial charge is 0.273 e. The minimum Gasteiger partial charge on any atom is -0.440 e. The van der Waals surface area contributed by atoms with Crippen LogP contribution in [-0.4, -0.2) is 27.2 Å². The van der Waals surface area contributed by atoms with E-state index in [0.29, 0.717) is 24.1 Å². The van der Waals surface area contributed by atoms with Crippen molar-refractivity contribution < 1.29 is 9.21 Å². The van der Waals surface area contributed by atoms with Crippen LogP contribution in [0.1, 0.15) is 53.2 Å². The topological polar surface area (TPSA) is 99.0 Å². The summed E-state index contributed by atoms with van der Waals surface area (Å²) in [5.41, 5.74) is 9.44. The Kier molecular flexibility index (Phi) is 6.99. The van der Waals surface area contributed by atoms with Gasteiger partial charge in [-0.2, -0.15) is 5.10 Å². The third-order valence-electron chi connectivity index (χ3n) is 4.48. The number of amides is 1. The number of carbonyl (C=O) groups is 1. The van der Waals surface area contributed by atoms with E-state index in [1.54, 1.807) is 24.0 Å². The third-order valence-corrected chi connectivity index (χ3v) is 4.48. The molecule has 0 bridgehead atoms. The molecule has 2 heterocycles. The maximum absolute atomic E-state index is 12.5. The van der Waals surface area contributed by atoms with E-state index < -0.39 is 0 Å². The first-order valence-corrected chi connectivity index (χ1v) is 8.95. The van der Waals surface area contributed by atoms with E-state index in [2.05, 4.69) is 41.4 Å². The number of halogens is 1. The van der Waals surface area contributed by atoms with Crippen LogP contribution in [0.4, 0.5) is 0 Å². The average molecular weight is 404 g/mol. The van der Waals surface area contributed by atoms with Gasteiger partial charge in [0.1, 0.15) is 5.76 Å². The number of rotatable bonds is 6.